The number of alkyl halides is 3. The second-order valence-electron chi connectivity index (χ2n) is 4.81. The lowest BCUT2D eigenvalue weighted by Gasteiger charge is -2.08. The van der Waals surface area contributed by atoms with Crippen LogP contribution in [0, 0.1) is 0 Å². The van der Waals surface area contributed by atoms with Gasteiger partial charge in [0, 0.05) is 30.2 Å². The van der Waals surface area contributed by atoms with Crippen LogP contribution < -0.4 is 10.1 Å². The number of halogens is 3. The first-order valence-corrected chi connectivity index (χ1v) is 7.78. The van der Waals surface area contributed by atoms with Crippen LogP contribution >= 0.6 is 11.3 Å². The summed E-state index contributed by atoms with van der Waals surface area (Å²) >= 11 is 1.32. The number of hydrogen-bond donors (Lipinski definition) is 1. The van der Waals surface area contributed by atoms with Gasteiger partial charge in [-0.2, -0.15) is 18.2 Å². The molecule has 0 aliphatic heterocycles. The number of carbonyl (C=O) groups is 1. The van der Waals surface area contributed by atoms with Crippen molar-refractivity contribution in [1.29, 1.82) is 0 Å². The molecule has 1 N–H and O–H groups in total. The molecule has 2 aromatic rings. The van der Waals surface area contributed by atoms with Gasteiger partial charge in [-0.1, -0.05) is 18.3 Å². The molecule has 124 valence electrons. The summed E-state index contributed by atoms with van der Waals surface area (Å²) in [6, 6.07) is 4.76. The monoisotopic (exact) mass is 343 g/mol. The fraction of sp³-hybridized carbons (Fsp3) is 0.333. The predicted molar refractivity (Wildman–Crippen MR) is 82.3 cm³/mol. The molecule has 2 rings (SSSR count). The smallest absolute Gasteiger partial charge is 0.312 e. The van der Waals surface area contributed by atoms with Gasteiger partial charge in [-0.25, -0.2) is 0 Å². The fourth-order valence-corrected chi connectivity index (χ4v) is 2.93. The highest BCUT2D eigenvalue weighted by Crippen LogP contribution is 2.29. The Morgan fingerprint density at radius 3 is 2.48 bits per heavy atom. The zero-order valence-electron chi connectivity index (χ0n) is 12.6. The SMILES string of the molecule is CCNCc1cn(-c2ccc(C(F)(F)F)cc2)c(=NC(C)=O)s1. The van der Waals surface area contributed by atoms with Gasteiger partial charge in [0.25, 0.3) is 0 Å². The molecule has 0 aliphatic rings. The van der Waals surface area contributed by atoms with Gasteiger partial charge in [-0.05, 0) is 30.8 Å². The van der Waals surface area contributed by atoms with Crippen molar-refractivity contribution >= 4 is 17.2 Å². The maximum absolute atomic E-state index is 12.6. The Hall–Kier alpha value is -1.93. The summed E-state index contributed by atoms with van der Waals surface area (Å²) in [6.45, 7) is 4.70. The maximum Gasteiger partial charge on any atom is 0.416 e. The van der Waals surface area contributed by atoms with E-state index in [0.29, 0.717) is 17.0 Å². The number of rotatable bonds is 4. The minimum absolute atomic E-state index is 0.359. The van der Waals surface area contributed by atoms with Crippen LogP contribution in [0.2, 0.25) is 0 Å². The summed E-state index contributed by atoms with van der Waals surface area (Å²) in [6.07, 6.45) is -2.60. The second-order valence-corrected chi connectivity index (χ2v) is 5.90. The minimum atomic E-state index is -4.37. The quantitative estimate of drug-likeness (QED) is 0.927. The van der Waals surface area contributed by atoms with Gasteiger partial charge >= 0.3 is 6.18 Å². The molecule has 1 amide bonds. The first kappa shape index (κ1) is 17.4. The van der Waals surface area contributed by atoms with Crippen LogP contribution in [0.3, 0.4) is 0 Å². The van der Waals surface area contributed by atoms with Crippen LogP contribution in [0.15, 0.2) is 35.5 Å². The van der Waals surface area contributed by atoms with Gasteiger partial charge in [0.2, 0.25) is 5.91 Å². The van der Waals surface area contributed by atoms with Crippen molar-refractivity contribution in [2.75, 3.05) is 6.54 Å². The van der Waals surface area contributed by atoms with E-state index in [-0.39, 0.29) is 5.91 Å². The topological polar surface area (TPSA) is 46.4 Å². The Bertz CT molecular complexity index is 745. The lowest BCUT2D eigenvalue weighted by molar-refractivity contribution is -0.137. The minimum Gasteiger partial charge on any atom is -0.312 e. The van der Waals surface area contributed by atoms with Gasteiger partial charge in [0.1, 0.15) is 0 Å². The molecule has 1 aromatic heterocycles. The van der Waals surface area contributed by atoms with Crippen LogP contribution in [-0.2, 0) is 17.5 Å². The lowest BCUT2D eigenvalue weighted by atomic mass is 10.2. The molecule has 0 bridgehead atoms. The first-order valence-electron chi connectivity index (χ1n) is 6.96. The Morgan fingerprint density at radius 2 is 1.96 bits per heavy atom. The average molecular weight is 343 g/mol. The van der Waals surface area contributed by atoms with Gasteiger partial charge in [0.15, 0.2) is 4.80 Å². The number of nitrogens with zero attached hydrogens (tertiary/aromatic N) is 2. The van der Waals surface area contributed by atoms with E-state index in [2.05, 4.69) is 10.3 Å². The van der Waals surface area contributed by atoms with E-state index in [1.807, 2.05) is 6.92 Å². The summed E-state index contributed by atoms with van der Waals surface area (Å²) in [4.78, 5) is 16.6. The molecule has 0 unspecified atom stereocenters. The van der Waals surface area contributed by atoms with Gasteiger partial charge < -0.3 is 5.32 Å². The largest absolute Gasteiger partial charge is 0.416 e. The summed E-state index contributed by atoms with van der Waals surface area (Å²) in [5, 5.41) is 3.16. The third-order valence-electron chi connectivity index (χ3n) is 2.98. The summed E-state index contributed by atoms with van der Waals surface area (Å²) in [5.41, 5.74) is -0.188. The number of thiazole rings is 1. The second kappa shape index (κ2) is 7.10. The van der Waals surface area contributed by atoms with E-state index < -0.39 is 11.7 Å². The van der Waals surface area contributed by atoms with Crippen molar-refractivity contribution < 1.29 is 18.0 Å². The third kappa shape index (κ3) is 4.52. The van der Waals surface area contributed by atoms with Gasteiger partial charge in [-0.3, -0.25) is 9.36 Å². The molecule has 0 spiro atoms. The third-order valence-corrected chi connectivity index (χ3v) is 3.96. The summed E-state index contributed by atoms with van der Waals surface area (Å²) in [5.74, 6) is -0.359. The molecule has 0 aliphatic carbocycles. The number of benzene rings is 1. The molecular weight excluding hydrogens is 327 g/mol. The predicted octanol–water partition coefficient (Wildman–Crippen LogP) is 3.11. The molecule has 0 atom stereocenters. The van der Waals surface area contributed by atoms with E-state index in [1.54, 1.807) is 10.8 Å². The molecule has 4 nitrogen and oxygen atoms in total. The van der Waals surface area contributed by atoms with Crippen molar-refractivity contribution in [1.82, 2.24) is 9.88 Å². The lowest BCUT2D eigenvalue weighted by Crippen LogP contribution is -2.14. The molecule has 0 saturated heterocycles. The molecular formula is C15H16F3N3OS. The fourth-order valence-electron chi connectivity index (χ4n) is 1.93. The van der Waals surface area contributed by atoms with Crippen molar-refractivity contribution in [3.8, 4) is 5.69 Å². The van der Waals surface area contributed by atoms with Gasteiger partial charge in [0.05, 0.1) is 5.56 Å². The summed E-state index contributed by atoms with van der Waals surface area (Å²) < 4.78 is 39.5. The summed E-state index contributed by atoms with van der Waals surface area (Å²) in [7, 11) is 0. The number of aromatic nitrogens is 1. The highest BCUT2D eigenvalue weighted by atomic mass is 32.1. The Labute approximate surface area is 135 Å². The van der Waals surface area contributed by atoms with Gasteiger partial charge in [-0.15, -0.1) is 0 Å². The Balaban J connectivity index is 2.44. The molecule has 8 heteroatoms. The molecule has 0 radical (unpaired) electrons. The Kier molecular flexibility index (Phi) is 5.38. The molecule has 1 aromatic carbocycles. The van der Waals surface area contributed by atoms with Crippen molar-refractivity contribution in [2.24, 2.45) is 4.99 Å². The highest BCUT2D eigenvalue weighted by Gasteiger charge is 2.30. The maximum atomic E-state index is 12.6. The first-order chi connectivity index (χ1) is 10.8. The van der Waals surface area contributed by atoms with Crippen LogP contribution in [-0.4, -0.2) is 17.0 Å². The van der Waals surface area contributed by atoms with Crippen LogP contribution in [0.1, 0.15) is 24.3 Å². The number of hydrogen-bond acceptors (Lipinski definition) is 3. The average Bonchev–Trinajstić information content (AvgIpc) is 2.86. The van der Waals surface area contributed by atoms with Crippen LogP contribution in [0.5, 0.6) is 0 Å². The number of amides is 1. The number of nitrogens with one attached hydrogen (secondary N) is 1. The highest BCUT2D eigenvalue weighted by molar-refractivity contribution is 7.09. The number of carbonyl (C=O) groups excluding carboxylic acids is 1. The van der Waals surface area contributed by atoms with E-state index >= 15 is 0 Å². The van der Waals surface area contributed by atoms with Crippen LogP contribution in [0.4, 0.5) is 13.2 Å². The van der Waals surface area contributed by atoms with Crippen molar-refractivity contribution in [2.45, 2.75) is 26.6 Å². The van der Waals surface area contributed by atoms with E-state index in [1.165, 1.54) is 30.4 Å². The van der Waals surface area contributed by atoms with Crippen molar-refractivity contribution in [3.63, 3.8) is 0 Å². The molecule has 23 heavy (non-hydrogen) atoms. The van der Waals surface area contributed by atoms with E-state index in [0.717, 1.165) is 23.6 Å². The van der Waals surface area contributed by atoms with Crippen LogP contribution in [0.25, 0.3) is 5.69 Å². The van der Waals surface area contributed by atoms with E-state index in [9.17, 15) is 18.0 Å². The van der Waals surface area contributed by atoms with E-state index in [4.69, 9.17) is 0 Å². The Morgan fingerprint density at radius 1 is 1.30 bits per heavy atom. The standard InChI is InChI=1S/C15H16F3N3OS/c1-3-19-8-13-9-21(14(23-13)20-10(2)22)12-6-4-11(5-7-12)15(16,17)18/h4-7,9,19H,3,8H2,1-2H3. The zero-order chi connectivity index (χ0) is 17.0. The zero-order valence-corrected chi connectivity index (χ0v) is 13.5. The molecule has 1 heterocycles. The molecule has 0 saturated carbocycles. The van der Waals surface area contributed by atoms with Crippen molar-refractivity contribution in [3.05, 3.63) is 45.7 Å². The normalized spacial score (nSPS) is 12.7. The molecule has 0 fully saturated rings.